The molecule has 0 aromatic carbocycles. The minimum atomic E-state index is 0.0457. The van der Waals surface area contributed by atoms with Crippen LogP contribution in [-0.4, -0.2) is 49.6 Å². The Morgan fingerprint density at radius 1 is 1.33 bits per heavy atom. The molecule has 1 amide bonds. The van der Waals surface area contributed by atoms with Crippen molar-refractivity contribution in [3.63, 3.8) is 0 Å². The van der Waals surface area contributed by atoms with Crippen LogP contribution in [-0.2, 0) is 4.79 Å². The first kappa shape index (κ1) is 12.5. The van der Waals surface area contributed by atoms with E-state index in [2.05, 4.69) is 22.5 Å². The molecule has 1 aliphatic rings. The summed E-state index contributed by atoms with van der Waals surface area (Å²) in [4.78, 5) is 13.1. The lowest BCUT2D eigenvalue weighted by atomic mass is 10.3. The fraction of sp³-hybridized carbons (Fsp3) is 0.909. The summed E-state index contributed by atoms with van der Waals surface area (Å²) in [5, 5.41) is 6.13. The zero-order valence-corrected chi connectivity index (χ0v) is 9.88. The molecule has 1 saturated heterocycles. The van der Waals surface area contributed by atoms with Gasteiger partial charge >= 0.3 is 0 Å². The predicted molar refractivity (Wildman–Crippen MR) is 61.8 cm³/mol. The Morgan fingerprint density at radius 2 is 2.00 bits per heavy atom. The third kappa shape index (κ3) is 5.14. The van der Waals surface area contributed by atoms with Gasteiger partial charge in [0.2, 0.25) is 5.91 Å². The van der Waals surface area contributed by atoms with E-state index in [1.165, 1.54) is 25.9 Å². The van der Waals surface area contributed by atoms with Gasteiger partial charge in [0.05, 0.1) is 0 Å². The molecule has 0 aromatic heterocycles. The average Bonchev–Trinajstić information content (AvgIpc) is 2.69. The Hall–Kier alpha value is -0.610. The summed E-state index contributed by atoms with van der Waals surface area (Å²) in [6, 6.07) is 0.616. The number of amides is 1. The van der Waals surface area contributed by atoms with Gasteiger partial charge in [0.1, 0.15) is 0 Å². The number of hydrogen-bond donors (Lipinski definition) is 2. The second kappa shape index (κ2) is 6.80. The zero-order chi connectivity index (χ0) is 11.1. The van der Waals surface area contributed by atoms with Crippen molar-refractivity contribution in [2.24, 2.45) is 0 Å². The van der Waals surface area contributed by atoms with Crippen LogP contribution in [0.1, 0.15) is 26.7 Å². The molecule has 1 rings (SSSR count). The Balaban J connectivity index is 1.96. The Labute approximate surface area is 92.4 Å². The zero-order valence-electron chi connectivity index (χ0n) is 9.88. The van der Waals surface area contributed by atoms with E-state index in [-0.39, 0.29) is 5.91 Å². The van der Waals surface area contributed by atoms with Gasteiger partial charge in [-0.25, -0.2) is 0 Å². The van der Waals surface area contributed by atoms with Gasteiger partial charge in [-0.15, -0.1) is 0 Å². The number of likely N-dealkylation sites (tertiary alicyclic amines) is 1. The Kier molecular flexibility index (Phi) is 5.65. The molecule has 0 spiro atoms. The highest BCUT2D eigenvalue weighted by molar-refractivity contribution is 5.72. The summed E-state index contributed by atoms with van der Waals surface area (Å²) in [7, 11) is 0. The van der Waals surface area contributed by atoms with Crippen LogP contribution >= 0.6 is 0 Å². The molecule has 2 N–H and O–H groups in total. The molecule has 4 nitrogen and oxygen atoms in total. The van der Waals surface area contributed by atoms with Gasteiger partial charge in [0, 0.05) is 32.6 Å². The van der Waals surface area contributed by atoms with Crippen molar-refractivity contribution in [3.8, 4) is 0 Å². The van der Waals surface area contributed by atoms with Crippen LogP contribution in [0, 0.1) is 0 Å². The first-order chi connectivity index (χ1) is 7.20. The van der Waals surface area contributed by atoms with E-state index in [1.807, 2.05) is 0 Å². The van der Waals surface area contributed by atoms with Crippen molar-refractivity contribution in [1.29, 1.82) is 0 Å². The highest BCUT2D eigenvalue weighted by atomic mass is 16.1. The van der Waals surface area contributed by atoms with Crippen LogP contribution in [0.5, 0.6) is 0 Å². The van der Waals surface area contributed by atoms with Crippen molar-refractivity contribution in [1.82, 2.24) is 15.5 Å². The summed E-state index contributed by atoms with van der Waals surface area (Å²) in [6.45, 7) is 8.89. The van der Waals surface area contributed by atoms with Gasteiger partial charge in [0.25, 0.3) is 0 Å². The van der Waals surface area contributed by atoms with Crippen LogP contribution in [0.4, 0.5) is 0 Å². The highest BCUT2D eigenvalue weighted by Crippen LogP contribution is 2.10. The van der Waals surface area contributed by atoms with Crippen LogP contribution in [0.3, 0.4) is 0 Å². The average molecular weight is 213 g/mol. The van der Waals surface area contributed by atoms with Crippen molar-refractivity contribution >= 4 is 5.91 Å². The van der Waals surface area contributed by atoms with Gasteiger partial charge in [-0.3, -0.25) is 9.69 Å². The lowest BCUT2D eigenvalue weighted by Crippen LogP contribution is -2.40. The normalized spacial score (nSPS) is 19.1. The van der Waals surface area contributed by atoms with E-state index in [1.54, 1.807) is 6.92 Å². The highest BCUT2D eigenvalue weighted by Gasteiger charge is 2.16. The summed E-state index contributed by atoms with van der Waals surface area (Å²) >= 11 is 0. The minimum Gasteiger partial charge on any atom is -0.355 e. The molecule has 1 aliphatic heterocycles. The summed E-state index contributed by atoms with van der Waals surface area (Å²) in [5.41, 5.74) is 0. The molecule has 15 heavy (non-hydrogen) atoms. The monoisotopic (exact) mass is 213 g/mol. The predicted octanol–water partition coefficient (Wildman–Crippen LogP) is 0.196. The lowest BCUT2D eigenvalue weighted by molar-refractivity contribution is -0.118. The van der Waals surface area contributed by atoms with Crippen LogP contribution in [0.25, 0.3) is 0 Å². The van der Waals surface area contributed by atoms with Crippen molar-refractivity contribution in [2.45, 2.75) is 32.7 Å². The second-order valence-corrected chi connectivity index (χ2v) is 4.28. The maximum Gasteiger partial charge on any atom is 0.216 e. The molecule has 4 heteroatoms. The molecule has 1 unspecified atom stereocenters. The largest absolute Gasteiger partial charge is 0.355 e. The summed E-state index contributed by atoms with van der Waals surface area (Å²) < 4.78 is 0. The van der Waals surface area contributed by atoms with Crippen molar-refractivity contribution < 1.29 is 4.79 Å². The van der Waals surface area contributed by atoms with Gasteiger partial charge in [-0.05, 0) is 32.9 Å². The van der Waals surface area contributed by atoms with Gasteiger partial charge in [-0.2, -0.15) is 0 Å². The maximum atomic E-state index is 10.6. The van der Waals surface area contributed by atoms with Crippen molar-refractivity contribution in [3.05, 3.63) is 0 Å². The van der Waals surface area contributed by atoms with Gasteiger partial charge < -0.3 is 10.6 Å². The first-order valence-corrected chi connectivity index (χ1v) is 5.89. The quantitative estimate of drug-likeness (QED) is 0.619. The van der Waals surface area contributed by atoms with Crippen LogP contribution in [0.15, 0.2) is 0 Å². The molecule has 0 radical (unpaired) electrons. The van der Waals surface area contributed by atoms with Crippen LogP contribution in [0.2, 0.25) is 0 Å². The minimum absolute atomic E-state index is 0.0457. The van der Waals surface area contributed by atoms with E-state index >= 15 is 0 Å². The third-order valence-corrected chi connectivity index (χ3v) is 2.88. The fourth-order valence-corrected chi connectivity index (χ4v) is 1.95. The van der Waals surface area contributed by atoms with Crippen molar-refractivity contribution in [2.75, 3.05) is 32.7 Å². The topological polar surface area (TPSA) is 44.4 Å². The second-order valence-electron chi connectivity index (χ2n) is 4.28. The Morgan fingerprint density at radius 3 is 2.60 bits per heavy atom. The van der Waals surface area contributed by atoms with E-state index < -0.39 is 0 Å². The molecule has 0 bridgehead atoms. The SMILES string of the molecule is CC(=O)NCCNCC(C)N1CCCC1. The molecular formula is C11H23N3O. The third-order valence-electron chi connectivity index (χ3n) is 2.88. The van der Waals surface area contributed by atoms with E-state index in [4.69, 9.17) is 0 Å². The molecule has 1 atom stereocenters. The molecule has 1 fully saturated rings. The summed E-state index contributed by atoms with van der Waals surface area (Å²) in [5.74, 6) is 0.0457. The molecular weight excluding hydrogens is 190 g/mol. The van der Waals surface area contributed by atoms with Gasteiger partial charge in [-0.1, -0.05) is 0 Å². The van der Waals surface area contributed by atoms with E-state index in [0.29, 0.717) is 6.04 Å². The first-order valence-electron chi connectivity index (χ1n) is 5.89. The van der Waals surface area contributed by atoms with E-state index in [0.717, 1.165) is 19.6 Å². The molecule has 0 saturated carbocycles. The Bertz CT molecular complexity index is 190. The van der Waals surface area contributed by atoms with Gasteiger partial charge in [0.15, 0.2) is 0 Å². The standard InChI is InChI=1S/C11H23N3O/c1-10(14-7-3-4-8-14)9-12-5-6-13-11(2)15/h10,12H,3-9H2,1-2H3,(H,13,15). The number of carbonyl (C=O) groups excluding carboxylic acids is 1. The number of nitrogens with zero attached hydrogens (tertiary/aromatic N) is 1. The fourth-order valence-electron chi connectivity index (χ4n) is 1.95. The number of nitrogens with one attached hydrogen (secondary N) is 2. The number of hydrogen-bond acceptors (Lipinski definition) is 3. The summed E-state index contributed by atoms with van der Waals surface area (Å²) in [6.07, 6.45) is 2.69. The smallest absolute Gasteiger partial charge is 0.216 e. The number of carbonyl (C=O) groups is 1. The van der Waals surface area contributed by atoms with Crippen LogP contribution < -0.4 is 10.6 Å². The van der Waals surface area contributed by atoms with E-state index in [9.17, 15) is 4.79 Å². The number of rotatable bonds is 6. The molecule has 0 aliphatic carbocycles. The maximum absolute atomic E-state index is 10.6. The lowest BCUT2D eigenvalue weighted by Gasteiger charge is -2.23. The molecule has 0 aromatic rings. The molecule has 88 valence electrons. The molecule has 1 heterocycles.